The molecule has 0 unspecified atom stereocenters. The zero-order valence-corrected chi connectivity index (χ0v) is 17.0. The molecule has 30 heavy (non-hydrogen) atoms. The maximum atomic E-state index is 12.5. The van der Waals surface area contributed by atoms with E-state index in [4.69, 9.17) is 8.83 Å². The highest BCUT2D eigenvalue weighted by Crippen LogP contribution is 2.10. The van der Waals surface area contributed by atoms with Crippen LogP contribution in [0.25, 0.3) is 0 Å². The Hall–Kier alpha value is -3.65. The minimum atomic E-state index is -0.429. The van der Waals surface area contributed by atoms with Gasteiger partial charge in [0.25, 0.3) is 5.91 Å². The van der Waals surface area contributed by atoms with Gasteiger partial charge in [0, 0.05) is 23.2 Å². The zero-order valence-electron chi connectivity index (χ0n) is 16.2. The first-order valence-corrected chi connectivity index (χ1v) is 10.1. The number of hydrogen-bond acceptors (Lipinski definition) is 5. The van der Waals surface area contributed by atoms with E-state index in [1.165, 1.54) is 17.6 Å². The second kappa shape index (κ2) is 8.79. The Kier molecular flexibility index (Phi) is 5.76. The first-order valence-electron chi connectivity index (χ1n) is 9.27. The number of rotatable bonds is 6. The van der Waals surface area contributed by atoms with Gasteiger partial charge in [-0.25, -0.2) is 0 Å². The highest BCUT2D eigenvalue weighted by atomic mass is 32.1. The predicted octanol–water partition coefficient (Wildman–Crippen LogP) is 3.76. The lowest BCUT2D eigenvalue weighted by atomic mass is 10.1. The summed E-state index contributed by atoms with van der Waals surface area (Å²) in [6, 6.07) is 14.2. The van der Waals surface area contributed by atoms with Crippen LogP contribution in [0.15, 0.2) is 81.1 Å². The third kappa shape index (κ3) is 4.66. The minimum Gasteiger partial charge on any atom is -0.467 e. The number of carbonyl (C=O) groups excluding carboxylic acids is 2. The van der Waals surface area contributed by atoms with Crippen LogP contribution >= 0.6 is 11.3 Å². The van der Waals surface area contributed by atoms with Gasteiger partial charge in [0.15, 0.2) is 10.6 Å². The number of nitrogens with zero attached hydrogens (tertiary/aromatic N) is 2. The average molecular weight is 421 g/mol. The lowest BCUT2D eigenvalue weighted by molar-refractivity contribution is 0.0946. The van der Waals surface area contributed by atoms with Gasteiger partial charge in [0.05, 0.1) is 19.1 Å². The molecule has 4 rings (SSSR count). The van der Waals surface area contributed by atoms with Crippen molar-refractivity contribution in [2.45, 2.75) is 20.0 Å². The molecule has 2 amide bonds. The van der Waals surface area contributed by atoms with E-state index in [0.717, 1.165) is 10.4 Å². The van der Waals surface area contributed by atoms with E-state index in [9.17, 15) is 9.59 Å². The molecule has 0 aliphatic heterocycles. The van der Waals surface area contributed by atoms with Gasteiger partial charge in [-0.2, -0.15) is 4.99 Å². The molecule has 7 nitrogen and oxygen atoms in total. The Morgan fingerprint density at radius 1 is 1.10 bits per heavy atom. The third-order valence-corrected chi connectivity index (χ3v) is 5.25. The summed E-state index contributed by atoms with van der Waals surface area (Å²) < 4.78 is 12.2. The van der Waals surface area contributed by atoms with Gasteiger partial charge in [0.1, 0.15) is 5.76 Å². The standard InChI is InChI=1S/C22H19N3O4S/c1-15-13-25(22(30-15)24-21(27)19-8-4-10-29-19)14-16-5-2-6-17(11-16)20(26)23-12-18-7-3-9-28-18/h2-11,13H,12,14H2,1H3,(H,23,26). The van der Waals surface area contributed by atoms with Crippen LogP contribution in [0.4, 0.5) is 0 Å². The van der Waals surface area contributed by atoms with Crippen LogP contribution in [0.2, 0.25) is 0 Å². The van der Waals surface area contributed by atoms with Crippen molar-refractivity contribution >= 4 is 23.2 Å². The van der Waals surface area contributed by atoms with Crippen molar-refractivity contribution in [3.63, 3.8) is 0 Å². The van der Waals surface area contributed by atoms with E-state index >= 15 is 0 Å². The quantitative estimate of drug-likeness (QED) is 0.513. The number of furan rings is 2. The normalized spacial score (nSPS) is 11.6. The molecule has 152 valence electrons. The highest BCUT2D eigenvalue weighted by molar-refractivity contribution is 7.09. The number of aryl methyl sites for hydroxylation is 1. The maximum Gasteiger partial charge on any atom is 0.315 e. The molecule has 3 heterocycles. The Labute approximate surface area is 176 Å². The third-order valence-electron chi connectivity index (χ3n) is 4.31. The number of amides is 2. The molecule has 8 heteroatoms. The van der Waals surface area contributed by atoms with Gasteiger partial charge < -0.3 is 18.7 Å². The summed E-state index contributed by atoms with van der Waals surface area (Å²) in [4.78, 5) is 30.5. The lowest BCUT2D eigenvalue weighted by Gasteiger charge is -2.07. The largest absolute Gasteiger partial charge is 0.467 e. The Morgan fingerprint density at radius 2 is 1.93 bits per heavy atom. The van der Waals surface area contributed by atoms with Crippen molar-refractivity contribution in [3.8, 4) is 0 Å². The maximum absolute atomic E-state index is 12.5. The SMILES string of the molecule is Cc1cn(Cc2cccc(C(=O)NCc3ccco3)c2)c(=NC(=O)c2ccco2)s1. The molecule has 0 atom stereocenters. The molecule has 3 aromatic heterocycles. The molecule has 4 aromatic rings. The summed E-state index contributed by atoms with van der Waals surface area (Å²) in [5, 5.41) is 2.84. The molecule has 1 aromatic carbocycles. The molecule has 0 radical (unpaired) electrons. The summed E-state index contributed by atoms with van der Waals surface area (Å²) in [5.41, 5.74) is 1.47. The summed E-state index contributed by atoms with van der Waals surface area (Å²) >= 11 is 1.42. The average Bonchev–Trinajstić information content (AvgIpc) is 3.50. The van der Waals surface area contributed by atoms with Gasteiger partial charge in [-0.05, 0) is 48.9 Å². The molecule has 0 saturated carbocycles. The van der Waals surface area contributed by atoms with E-state index in [-0.39, 0.29) is 11.7 Å². The fourth-order valence-electron chi connectivity index (χ4n) is 2.94. The highest BCUT2D eigenvalue weighted by Gasteiger charge is 2.10. The smallest absolute Gasteiger partial charge is 0.315 e. The number of benzene rings is 1. The minimum absolute atomic E-state index is 0.183. The second-order valence-electron chi connectivity index (χ2n) is 6.61. The van der Waals surface area contributed by atoms with E-state index < -0.39 is 5.91 Å². The van der Waals surface area contributed by atoms with Crippen molar-refractivity contribution in [1.29, 1.82) is 0 Å². The van der Waals surface area contributed by atoms with Gasteiger partial charge in [-0.15, -0.1) is 11.3 Å². The summed E-state index contributed by atoms with van der Waals surface area (Å²) in [6.45, 7) is 2.76. The van der Waals surface area contributed by atoms with Crippen LogP contribution in [0.5, 0.6) is 0 Å². The molecule has 0 aliphatic carbocycles. The van der Waals surface area contributed by atoms with Crippen molar-refractivity contribution in [2.24, 2.45) is 4.99 Å². The second-order valence-corrected chi connectivity index (χ2v) is 7.82. The predicted molar refractivity (Wildman–Crippen MR) is 111 cm³/mol. The summed E-state index contributed by atoms with van der Waals surface area (Å²) in [6.07, 6.45) is 4.95. The van der Waals surface area contributed by atoms with E-state index in [2.05, 4.69) is 10.3 Å². The summed E-state index contributed by atoms with van der Waals surface area (Å²) in [7, 11) is 0. The number of nitrogens with one attached hydrogen (secondary N) is 1. The number of carbonyl (C=O) groups is 2. The molecule has 0 saturated heterocycles. The van der Waals surface area contributed by atoms with Crippen LogP contribution < -0.4 is 10.1 Å². The molecule has 0 spiro atoms. The van der Waals surface area contributed by atoms with Gasteiger partial charge in [0.2, 0.25) is 0 Å². The summed E-state index contributed by atoms with van der Waals surface area (Å²) in [5.74, 6) is 0.276. The zero-order chi connectivity index (χ0) is 20.9. The number of hydrogen-bond donors (Lipinski definition) is 1. The molecule has 1 N–H and O–H groups in total. The van der Waals surface area contributed by atoms with Crippen LogP contribution in [0.1, 0.15) is 37.1 Å². The van der Waals surface area contributed by atoms with Gasteiger partial charge in [-0.1, -0.05) is 12.1 Å². The van der Waals surface area contributed by atoms with Gasteiger partial charge in [-0.3, -0.25) is 9.59 Å². The van der Waals surface area contributed by atoms with Gasteiger partial charge >= 0.3 is 5.91 Å². The Morgan fingerprint density at radius 3 is 2.70 bits per heavy atom. The Bertz CT molecular complexity index is 1220. The molecule has 0 bridgehead atoms. The fourth-order valence-corrected chi connectivity index (χ4v) is 3.77. The van der Waals surface area contributed by atoms with Crippen LogP contribution in [0, 0.1) is 6.92 Å². The first kappa shape index (κ1) is 19.7. The van der Waals surface area contributed by atoms with Crippen molar-refractivity contribution < 1.29 is 18.4 Å². The first-order chi connectivity index (χ1) is 14.6. The topological polar surface area (TPSA) is 89.7 Å². The van der Waals surface area contributed by atoms with Crippen molar-refractivity contribution in [1.82, 2.24) is 9.88 Å². The fraction of sp³-hybridized carbons (Fsp3) is 0.136. The number of aromatic nitrogens is 1. The molecular formula is C22H19N3O4S. The molecular weight excluding hydrogens is 402 g/mol. The molecule has 0 aliphatic rings. The van der Waals surface area contributed by atoms with Crippen LogP contribution in [-0.4, -0.2) is 16.4 Å². The van der Waals surface area contributed by atoms with E-state index in [0.29, 0.717) is 29.2 Å². The monoisotopic (exact) mass is 421 g/mol. The van der Waals surface area contributed by atoms with E-state index in [1.54, 1.807) is 36.6 Å². The van der Waals surface area contributed by atoms with E-state index in [1.807, 2.05) is 35.9 Å². The van der Waals surface area contributed by atoms with Crippen LogP contribution in [-0.2, 0) is 13.1 Å². The lowest BCUT2D eigenvalue weighted by Crippen LogP contribution is -2.23. The van der Waals surface area contributed by atoms with Crippen LogP contribution in [0.3, 0.4) is 0 Å². The molecule has 0 fully saturated rings. The number of thiazole rings is 1. The van der Waals surface area contributed by atoms with Crippen molar-refractivity contribution in [2.75, 3.05) is 0 Å². The van der Waals surface area contributed by atoms with Crippen molar-refractivity contribution in [3.05, 3.63) is 99.6 Å². The Balaban J connectivity index is 1.52.